The number of aromatic nitrogens is 1. The van der Waals surface area contributed by atoms with Gasteiger partial charge in [-0.1, -0.05) is 6.07 Å². The van der Waals surface area contributed by atoms with E-state index >= 15 is 0 Å². The third-order valence-electron chi connectivity index (χ3n) is 3.37. The highest BCUT2D eigenvalue weighted by atomic mass is 32.2. The van der Waals surface area contributed by atoms with E-state index in [4.69, 9.17) is 5.73 Å². The number of benzene rings is 1. The van der Waals surface area contributed by atoms with Crippen LogP contribution in [0.2, 0.25) is 0 Å². The number of hydrogen-bond donors (Lipinski definition) is 1. The smallest absolute Gasteiger partial charge is 0.248 e. The molecule has 0 bridgehead atoms. The van der Waals surface area contributed by atoms with Gasteiger partial charge >= 0.3 is 0 Å². The van der Waals surface area contributed by atoms with E-state index < -0.39 is 26.8 Å². The zero-order valence-corrected chi connectivity index (χ0v) is 12.5. The number of nitrogen functional groups attached to an aromatic ring is 1. The molecule has 2 rings (SSSR count). The van der Waals surface area contributed by atoms with Gasteiger partial charge in [-0.15, -0.1) is 0 Å². The molecule has 7 heteroatoms. The highest BCUT2D eigenvalue weighted by molar-refractivity contribution is 7.89. The zero-order valence-electron chi connectivity index (χ0n) is 11.7. The van der Waals surface area contributed by atoms with E-state index in [1.54, 1.807) is 31.5 Å². The van der Waals surface area contributed by atoms with Gasteiger partial charge in [0.2, 0.25) is 10.0 Å². The van der Waals surface area contributed by atoms with E-state index in [1.807, 2.05) is 0 Å². The topological polar surface area (TPSA) is 76.3 Å². The summed E-state index contributed by atoms with van der Waals surface area (Å²) in [5.41, 5.74) is 6.28. The zero-order chi connectivity index (χ0) is 15.6. The van der Waals surface area contributed by atoms with Crippen LogP contribution in [-0.2, 0) is 10.0 Å². The number of halogens is 1. The van der Waals surface area contributed by atoms with Crippen LogP contribution in [-0.4, -0.2) is 24.8 Å². The van der Waals surface area contributed by atoms with E-state index in [0.29, 0.717) is 0 Å². The Morgan fingerprint density at radius 2 is 1.86 bits per heavy atom. The SMILES string of the molecule is CC(c1ccncc1)N(C)S(=O)(=O)c1c(N)cccc1F. The summed E-state index contributed by atoms with van der Waals surface area (Å²) >= 11 is 0. The van der Waals surface area contributed by atoms with Gasteiger partial charge in [0.15, 0.2) is 0 Å². The molecule has 0 amide bonds. The summed E-state index contributed by atoms with van der Waals surface area (Å²) in [4.78, 5) is 3.40. The maximum absolute atomic E-state index is 13.9. The fourth-order valence-electron chi connectivity index (χ4n) is 2.00. The quantitative estimate of drug-likeness (QED) is 0.878. The summed E-state index contributed by atoms with van der Waals surface area (Å²) in [7, 11) is -2.64. The van der Waals surface area contributed by atoms with Crippen molar-refractivity contribution >= 4 is 15.7 Å². The predicted octanol–water partition coefficient (Wildman–Crippen LogP) is 2.18. The van der Waals surface area contributed by atoms with Crippen molar-refractivity contribution in [3.05, 3.63) is 54.1 Å². The van der Waals surface area contributed by atoms with Gasteiger partial charge in [0, 0.05) is 25.5 Å². The molecular formula is C14H16FN3O2S. The van der Waals surface area contributed by atoms with Crippen molar-refractivity contribution in [2.45, 2.75) is 17.9 Å². The molecular weight excluding hydrogens is 293 g/mol. The lowest BCUT2D eigenvalue weighted by atomic mass is 10.1. The molecule has 0 radical (unpaired) electrons. The molecule has 1 aromatic carbocycles. The second-order valence-corrected chi connectivity index (χ2v) is 6.57. The largest absolute Gasteiger partial charge is 0.398 e. The molecule has 1 unspecified atom stereocenters. The highest BCUT2D eigenvalue weighted by Crippen LogP contribution is 2.29. The van der Waals surface area contributed by atoms with Gasteiger partial charge in [0.1, 0.15) is 10.7 Å². The maximum Gasteiger partial charge on any atom is 0.248 e. The van der Waals surface area contributed by atoms with E-state index in [0.717, 1.165) is 15.9 Å². The van der Waals surface area contributed by atoms with Crippen LogP contribution in [0, 0.1) is 5.82 Å². The molecule has 0 aliphatic rings. The predicted molar refractivity (Wildman–Crippen MR) is 78.4 cm³/mol. The number of anilines is 1. The minimum absolute atomic E-state index is 0.108. The van der Waals surface area contributed by atoms with Gasteiger partial charge in [-0.2, -0.15) is 4.31 Å². The first-order chi connectivity index (χ1) is 9.85. The second-order valence-electron chi connectivity index (χ2n) is 4.64. The Morgan fingerprint density at radius 3 is 2.43 bits per heavy atom. The first-order valence-corrected chi connectivity index (χ1v) is 7.71. The fraction of sp³-hybridized carbons (Fsp3) is 0.214. The maximum atomic E-state index is 13.9. The third kappa shape index (κ3) is 2.88. The Balaban J connectivity index is 2.45. The molecule has 0 aliphatic carbocycles. The van der Waals surface area contributed by atoms with Gasteiger partial charge in [-0.3, -0.25) is 4.98 Å². The fourth-order valence-corrected chi connectivity index (χ4v) is 3.51. The van der Waals surface area contributed by atoms with Gasteiger partial charge in [-0.25, -0.2) is 12.8 Å². The lowest BCUT2D eigenvalue weighted by Gasteiger charge is -2.25. The van der Waals surface area contributed by atoms with Crippen molar-refractivity contribution in [2.24, 2.45) is 0 Å². The summed E-state index contributed by atoms with van der Waals surface area (Å²) in [5.74, 6) is -0.858. The minimum atomic E-state index is -4.03. The van der Waals surface area contributed by atoms with E-state index in [9.17, 15) is 12.8 Å². The van der Waals surface area contributed by atoms with Crippen LogP contribution < -0.4 is 5.73 Å². The van der Waals surface area contributed by atoms with Gasteiger partial charge in [-0.05, 0) is 36.8 Å². The number of sulfonamides is 1. The van der Waals surface area contributed by atoms with Crippen molar-refractivity contribution in [3.63, 3.8) is 0 Å². The van der Waals surface area contributed by atoms with Crippen LogP contribution in [0.1, 0.15) is 18.5 Å². The van der Waals surface area contributed by atoms with Crippen LogP contribution in [0.5, 0.6) is 0 Å². The molecule has 112 valence electrons. The summed E-state index contributed by atoms with van der Waals surface area (Å²) in [6.07, 6.45) is 3.15. The Labute approximate surface area is 123 Å². The summed E-state index contributed by atoms with van der Waals surface area (Å²) < 4.78 is 40.1. The van der Waals surface area contributed by atoms with Crippen LogP contribution in [0.4, 0.5) is 10.1 Å². The van der Waals surface area contributed by atoms with Crippen molar-refractivity contribution in [3.8, 4) is 0 Å². The summed E-state index contributed by atoms with van der Waals surface area (Å²) in [6, 6.07) is 6.76. The van der Waals surface area contributed by atoms with Crippen molar-refractivity contribution in [1.82, 2.24) is 9.29 Å². The Hall–Kier alpha value is -1.99. The molecule has 0 saturated heterocycles. The van der Waals surface area contributed by atoms with Gasteiger partial charge < -0.3 is 5.73 Å². The number of pyridine rings is 1. The lowest BCUT2D eigenvalue weighted by molar-refractivity contribution is 0.395. The van der Waals surface area contributed by atoms with Crippen LogP contribution >= 0.6 is 0 Å². The molecule has 0 spiro atoms. The van der Waals surface area contributed by atoms with Gasteiger partial charge in [0.05, 0.1) is 5.69 Å². The Morgan fingerprint density at radius 1 is 1.24 bits per heavy atom. The average Bonchev–Trinajstić information content (AvgIpc) is 2.46. The molecule has 0 fully saturated rings. The summed E-state index contributed by atoms with van der Waals surface area (Å²) in [6.45, 7) is 1.71. The molecule has 5 nitrogen and oxygen atoms in total. The number of nitrogens with zero attached hydrogens (tertiary/aromatic N) is 2. The van der Waals surface area contributed by atoms with Crippen molar-refractivity contribution < 1.29 is 12.8 Å². The molecule has 0 aliphatic heterocycles. The standard InChI is InChI=1S/C14H16FN3O2S/c1-10(11-6-8-17-9-7-11)18(2)21(19,20)14-12(15)4-3-5-13(14)16/h3-10H,16H2,1-2H3. The number of hydrogen-bond acceptors (Lipinski definition) is 4. The van der Waals surface area contributed by atoms with E-state index in [-0.39, 0.29) is 5.69 Å². The normalized spacial score (nSPS) is 13.3. The monoisotopic (exact) mass is 309 g/mol. The highest BCUT2D eigenvalue weighted by Gasteiger charge is 2.30. The summed E-state index contributed by atoms with van der Waals surface area (Å²) in [5, 5.41) is 0. The first kappa shape index (κ1) is 15.4. The number of nitrogens with two attached hydrogens (primary N) is 1. The van der Waals surface area contributed by atoms with Crippen molar-refractivity contribution in [2.75, 3.05) is 12.8 Å². The molecule has 0 saturated carbocycles. The molecule has 1 heterocycles. The third-order valence-corrected chi connectivity index (χ3v) is 5.39. The average molecular weight is 309 g/mol. The molecule has 1 atom stereocenters. The Bertz CT molecular complexity index is 715. The van der Waals surface area contributed by atoms with Crippen LogP contribution in [0.15, 0.2) is 47.6 Å². The molecule has 1 aromatic heterocycles. The van der Waals surface area contributed by atoms with E-state index in [1.165, 1.54) is 19.2 Å². The molecule has 21 heavy (non-hydrogen) atoms. The second kappa shape index (κ2) is 5.79. The van der Waals surface area contributed by atoms with Gasteiger partial charge in [0.25, 0.3) is 0 Å². The molecule has 2 aromatic rings. The first-order valence-electron chi connectivity index (χ1n) is 6.27. The number of rotatable bonds is 4. The van der Waals surface area contributed by atoms with Crippen LogP contribution in [0.25, 0.3) is 0 Å². The van der Waals surface area contributed by atoms with Crippen molar-refractivity contribution in [1.29, 1.82) is 0 Å². The van der Waals surface area contributed by atoms with Crippen LogP contribution in [0.3, 0.4) is 0 Å². The Kier molecular flexibility index (Phi) is 4.24. The lowest BCUT2D eigenvalue weighted by Crippen LogP contribution is -2.31. The molecule has 2 N–H and O–H groups in total. The minimum Gasteiger partial charge on any atom is -0.398 e. The van der Waals surface area contributed by atoms with E-state index in [2.05, 4.69) is 4.98 Å².